The number of ether oxygens (including phenoxy) is 1. The minimum Gasteiger partial charge on any atom is -0.489 e. The summed E-state index contributed by atoms with van der Waals surface area (Å²) in [6, 6.07) is 44.4. The van der Waals surface area contributed by atoms with Crippen LogP contribution in [0.4, 0.5) is 11.4 Å². The second-order valence-electron chi connectivity index (χ2n) is 11.3. The van der Waals surface area contributed by atoms with Crippen LogP contribution in [0.25, 0.3) is 0 Å². The Hall–Kier alpha value is -5.29. The molecule has 5 heteroatoms. The van der Waals surface area contributed by atoms with Gasteiger partial charge in [0.05, 0.1) is 23.3 Å². The lowest BCUT2D eigenvalue weighted by Crippen LogP contribution is -2.45. The highest BCUT2D eigenvalue weighted by atomic mass is 16.5. The van der Waals surface area contributed by atoms with Crippen molar-refractivity contribution in [3.63, 3.8) is 0 Å². The fourth-order valence-electron chi connectivity index (χ4n) is 6.55. The van der Waals surface area contributed by atoms with E-state index in [2.05, 4.69) is 6.07 Å². The van der Waals surface area contributed by atoms with E-state index in [0.29, 0.717) is 36.4 Å². The summed E-state index contributed by atoms with van der Waals surface area (Å²) in [7, 11) is 0. The Morgan fingerprint density at radius 1 is 0.727 bits per heavy atom. The fourth-order valence-corrected chi connectivity index (χ4v) is 6.55. The summed E-state index contributed by atoms with van der Waals surface area (Å²) < 4.78 is 6.31. The second-order valence-corrected chi connectivity index (χ2v) is 11.3. The predicted molar refractivity (Wildman–Crippen MR) is 174 cm³/mol. The van der Waals surface area contributed by atoms with Gasteiger partial charge in [0.1, 0.15) is 18.1 Å². The summed E-state index contributed by atoms with van der Waals surface area (Å²) in [5.74, 6) is 0.0292. The van der Waals surface area contributed by atoms with Crippen molar-refractivity contribution in [1.29, 1.82) is 0 Å². The van der Waals surface area contributed by atoms with Gasteiger partial charge in [-0.3, -0.25) is 19.5 Å². The van der Waals surface area contributed by atoms with Crippen LogP contribution in [0, 0.1) is 5.92 Å². The Bertz CT molecular complexity index is 1820. The average molecular weight is 577 g/mol. The summed E-state index contributed by atoms with van der Waals surface area (Å²) in [6.07, 6.45) is 0.926. The first-order valence-electron chi connectivity index (χ1n) is 15.1. The summed E-state index contributed by atoms with van der Waals surface area (Å²) in [6.45, 7) is 0.447. The van der Waals surface area contributed by atoms with Crippen LogP contribution in [-0.4, -0.2) is 17.4 Å². The number of nitrogens with zero attached hydrogens (tertiary/aromatic N) is 2. The van der Waals surface area contributed by atoms with E-state index < -0.39 is 12.0 Å². The molecule has 3 atom stereocenters. The van der Waals surface area contributed by atoms with Crippen LogP contribution in [-0.2, 0) is 11.4 Å². The number of aliphatic imine (C=N–C) groups is 1. The molecule has 0 aromatic heterocycles. The average Bonchev–Trinajstić information content (AvgIpc) is 3.23. The molecular formula is C39H32N2O3. The largest absolute Gasteiger partial charge is 0.489 e. The molecule has 1 fully saturated rings. The Morgan fingerprint density at radius 2 is 1.36 bits per heavy atom. The van der Waals surface area contributed by atoms with Crippen molar-refractivity contribution in [2.75, 3.05) is 4.90 Å². The SMILES string of the molecule is O=C1CC(c2ccccc2OCc2ccccc2)CC2=Nc3ccccc3N(C(=O)c3ccccc3)C(c3ccccc3)C12. The van der Waals surface area contributed by atoms with E-state index in [9.17, 15) is 9.59 Å². The van der Waals surface area contributed by atoms with E-state index in [4.69, 9.17) is 9.73 Å². The maximum Gasteiger partial charge on any atom is 0.258 e. The van der Waals surface area contributed by atoms with Gasteiger partial charge < -0.3 is 4.74 Å². The minimum absolute atomic E-state index is 0.0744. The Labute approximate surface area is 257 Å². The highest BCUT2D eigenvalue weighted by Crippen LogP contribution is 2.48. The van der Waals surface area contributed by atoms with Crippen LogP contribution in [0.15, 0.2) is 145 Å². The number of hydrogen-bond acceptors (Lipinski definition) is 4. The predicted octanol–water partition coefficient (Wildman–Crippen LogP) is 8.50. The summed E-state index contributed by atoms with van der Waals surface area (Å²) >= 11 is 0. The van der Waals surface area contributed by atoms with E-state index in [-0.39, 0.29) is 17.6 Å². The molecule has 1 saturated carbocycles. The first-order valence-corrected chi connectivity index (χ1v) is 15.1. The number of anilines is 1. The molecule has 7 rings (SSSR count). The van der Waals surface area contributed by atoms with E-state index in [1.807, 2.05) is 133 Å². The van der Waals surface area contributed by atoms with Gasteiger partial charge in [-0.1, -0.05) is 109 Å². The molecule has 5 aromatic rings. The van der Waals surface area contributed by atoms with Crippen LogP contribution in [0.1, 0.15) is 51.8 Å². The zero-order chi connectivity index (χ0) is 29.9. The van der Waals surface area contributed by atoms with Gasteiger partial charge in [0, 0.05) is 17.7 Å². The number of benzene rings is 5. The third kappa shape index (κ3) is 5.33. The van der Waals surface area contributed by atoms with Crippen molar-refractivity contribution in [2.45, 2.75) is 31.4 Å². The standard InChI is InChI=1S/C39H32N2O3/c42-35-25-30(31-20-10-13-23-36(31)44-26-27-14-4-1-5-15-27)24-33-37(35)38(28-16-6-2-7-17-28)41(34-22-12-11-21-32(34)40-33)39(43)29-18-8-3-9-19-29/h1-23,30,37-38H,24-26H2. The zero-order valence-electron chi connectivity index (χ0n) is 24.3. The third-order valence-electron chi connectivity index (χ3n) is 8.58. The van der Waals surface area contributed by atoms with Gasteiger partial charge in [0.2, 0.25) is 0 Å². The Balaban J connectivity index is 1.30. The summed E-state index contributed by atoms with van der Waals surface area (Å²) in [5.41, 5.74) is 5.76. The molecule has 44 heavy (non-hydrogen) atoms. The maximum absolute atomic E-state index is 14.4. The molecule has 3 unspecified atom stereocenters. The quantitative estimate of drug-likeness (QED) is 0.204. The van der Waals surface area contributed by atoms with Crippen LogP contribution in [0.3, 0.4) is 0 Å². The smallest absolute Gasteiger partial charge is 0.258 e. The van der Waals surface area contributed by atoms with Crippen LogP contribution < -0.4 is 9.64 Å². The molecule has 0 radical (unpaired) electrons. The molecule has 2 aliphatic rings. The molecule has 5 aromatic carbocycles. The summed E-state index contributed by atoms with van der Waals surface area (Å²) in [5, 5.41) is 0. The van der Waals surface area contributed by atoms with Gasteiger partial charge in [0.15, 0.2) is 0 Å². The molecule has 1 amide bonds. The molecular weight excluding hydrogens is 544 g/mol. The van der Waals surface area contributed by atoms with Gasteiger partial charge in [-0.25, -0.2) is 0 Å². The number of carbonyl (C=O) groups is 2. The number of Topliss-reactive ketones (excluding diaryl/α,β-unsaturated/α-hetero) is 1. The normalized spacial score (nSPS) is 19.3. The number of rotatable bonds is 6. The molecule has 5 nitrogen and oxygen atoms in total. The number of para-hydroxylation sites is 3. The summed E-state index contributed by atoms with van der Waals surface area (Å²) in [4.78, 5) is 35.8. The monoisotopic (exact) mass is 576 g/mol. The first-order chi connectivity index (χ1) is 21.7. The third-order valence-corrected chi connectivity index (χ3v) is 8.58. The topological polar surface area (TPSA) is 59.0 Å². The number of hydrogen-bond donors (Lipinski definition) is 0. The molecule has 0 saturated heterocycles. The van der Waals surface area contributed by atoms with E-state index in [0.717, 1.165) is 28.2 Å². The van der Waals surface area contributed by atoms with Crippen LogP contribution in [0.5, 0.6) is 5.75 Å². The molecule has 1 aliphatic heterocycles. The Kier molecular flexibility index (Phi) is 7.60. The van der Waals surface area contributed by atoms with Crippen LogP contribution in [0.2, 0.25) is 0 Å². The van der Waals surface area contributed by atoms with Crippen molar-refractivity contribution in [3.05, 3.63) is 162 Å². The second kappa shape index (κ2) is 12.1. The molecule has 0 bridgehead atoms. The lowest BCUT2D eigenvalue weighted by Gasteiger charge is -2.39. The van der Waals surface area contributed by atoms with Crippen molar-refractivity contribution in [2.24, 2.45) is 10.9 Å². The number of carbonyl (C=O) groups excluding carboxylic acids is 2. The fraction of sp³-hybridized carbons (Fsp3) is 0.154. The minimum atomic E-state index is -0.578. The van der Waals surface area contributed by atoms with Gasteiger partial charge in [0.25, 0.3) is 5.91 Å². The molecule has 1 aliphatic carbocycles. The zero-order valence-corrected chi connectivity index (χ0v) is 24.3. The first kappa shape index (κ1) is 27.5. The lowest BCUT2D eigenvalue weighted by atomic mass is 9.71. The van der Waals surface area contributed by atoms with Crippen molar-refractivity contribution < 1.29 is 14.3 Å². The maximum atomic E-state index is 14.4. The highest BCUT2D eigenvalue weighted by Gasteiger charge is 2.46. The van der Waals surface area contributed by atoms with Gasteiger partial charge in [-0.15, -0.1) is 0 Å². The van der Waals surface area contributed by atoms with E-state index >= 15 is 0 Å². The Morgan fingerprint density at radius 3 is 2.14 bits per heavy atom. The molecule has 0 spiro atoms. The van der Waals surface area contributed by atoms with Gasteiger partial charge in [-0.2, -0.15) is 0 Å². The number of ketones is 1. The van der Waals surface area contributed by atoms with Gasteiger partial charge >= 0.3 is 0 Å². The van der Waals surface area contributed by atoms with Crippen molar-refractivity contribution >= 4 is 28.8 Å². The molecule has 1 heterocycles. The van der Waals surface area contributed by atoms with Crippen LogP contribution >= 0.6 is 0 Å². The number of fused-ring (bicyclic) bond motifs is 2. The lowest BCUT2D eigenvalue weighted by molar-refractivity contribution is -0.122. The number of amides is 1. The van der Waals surface area contributed by atoms with E-state index in [1.165, 1.54) is 0 Å². The highest BCUT2D eigenvalue weighted by molar-refractivity contribution is 6.15. The van der Waals surface area contributed by atoms with Crippen molar-refractivity contribution in [3.8, 4) is 5.75 Å². The molecule has 216 valence electrons. The van der Waals surface area contributed by atoms with Crippen molar-refractivity contribution in [1.82, 2.24) is 0 Å². The van der Waals surface area contributed by atoms with E-state index in [1.54, 1.807) is 4.90 Å². The van der Waals surface area contributed by atoms with Gasteiger partial charge in [-0.05, 0) is 59.4 Å². The molecule has 0 N–H and O–H groups in total.